The molecule has 0 amide bonds. The summed E-state index contributed by atoms with van der Waals surface area (Å²) in [6, 6.07) is 9.06. The second-order valence-electron chi connectivity index (χ2n) is 9.25. The maximum Gasteiger partial charge on any atom is 0.416 e. The van der Waals surface area contributed by atoms with Gasteiger partial charge in [-0.05, 0) is 53.5 Å². The highest BCUT2D eigenvalue weighted by Gasteiger charge is 2.34. The van der Waals surface area contributed by atoms with Crippen molar-refractivity contribution in [2.45, 2.75) is 31.4 Å². The van der Waals surface area contributed by atoms with Crippen LogP contribution < -0.4 is 15.5 Å². The van der Waals surface area contributed by atoms with Crippen LogP contribution in [0.2, 0.25) is 5.02 Å². The maximum absolute atomic E-state index is 13.9. The fourth-order valence-corrected chi connectivity index (χ4v) is 6.11. The first kappa shape index (κ1) is 25.4. The number of piperidine rings is 1. The molecule has 9 nitrogen and oxygen atoms in total. The number of anilines is 1. The van der Waals surface area contributed by atoms with Crippen molar-refractivity contribution in [1.29, 1.82) is 0 Å². The molecule has 0 radical (unpaired) electrons. The molecule has 0 spiro atoms. The molecule has 4 aromatic rings. The molecule has 0 bridgehead atoms. The van der Waals surface area contributed by atoms with Gasteiger partial charge < -0.3 is 10.0 Å². The molecule has 2 aromatic carbocycles. The average Bonchev–Trinajstić information content (AvgIpc) is 3.68. The third kappa shape index (κ3) is 5.11. The number of benzene rings is 2. The Morgan fingerprint density at radius 3 is 2.72 bits per heavy atom. The lowest BCUT2D eigenvalue weighted by Crippen LogP contribution is -2.33. The molecular weight excluding hydrogens is 553 g/mol. The first-order valence-corrected chi connectivity index (χ1v) is 13.2. The van der Waals surface area contributed by atoms with Gasteiger partial charge in [-0.3, -0.25) is 0 Å². The smallest absolute Gasteiger partial charge is 0.416 e. The molecular formula is C25H20ClF3N8OS. The minimum atomic E-state index is -4.60. The van der Waals surface area contributed by atoms with Crippen LogP contribution in [0.25, 0.3) is 5.57 Å². The van der Waals surface area contributed by atoms with Crippen LogP contribution in [-0.4, -0.2) is 50.0 Å². The standard InChI is InChI=1S/C25H20ClF3N8OS/c26-17-3-1-15(19(11-17)25(27,28)29)10-18(14-2-4-20-16(9-14)12-30-32-20)21-23(38)31-24(39-21)37-7-5-13(6-8-37)22-33-35-36-34-22/h1-4,9,11-13,38H,5-8,10H2,(H,33,34,35,36)/b18-14+. The first-order valence-electron chi connectivity index (χ1n) is 12.0. The van der Waals surface area contributed by atoms with E-state index in [0.717, 1.165) is 24.5 Å². The number of tetrazole rings is 1. The number of hydrogen-bond donors (Lipinski definition) is 2. The van der Waals surface area contributed by atoms with Crippen LogP contribution in [0.15, 0.2) is 46.6 Å². The predicted octanol–water partition coefficient (Wildman–Crippen LogP) is 3.83. The van der Waals surface area contributed by atoms with E-state index in [2.05, 4.69) is 40.7 Å². The Bertz CT molecular complexity index is 1680. The summed E-state index contributed by atoms with van der Waals surface area (Å²) in [4.78, 5) is 6.87. The van der Waals surface area contributed by atoms with Gasteiger partial charge in [0, 0.05) is 36.0 Å². The van der Waals surface area contributed by atoms with Gasteiger partial charge in [0.2, 0.25) is 5.88 Å². The Hall–Kier alpha value is -3.84. The van der Waals surface area contributed by atoms with E-state index >= 15 is 0 Å². The number of rotatable bonds is 5. The number of aromatic nitrogens is 5. The van der Waals surface area contributed by atoms with Crippen LogP contribution in [0.4, 0.5) is 18.3 Å². The van der Waals surface area contributed by atoms with Crippen LogP contribution in [0.3, 0.4) is 0 Å². The summed E-state index contributed by atoms with van der Waals surface area (Å²) in [7, 11) is 0. The molecule has 2 aliphatic heterocycles. The van der Waals surface area contributed by atoms with E-state index in [0.29, 0.717) is 45.1 Å². The zero-order valence-electron chi connectivity index (χ0n) is 20.2. The predicted molar refractivity (Wildman–Crippen MR) is 140 cm³/mol. The number of fused-ring (bicyclic) bond motifs is 1. The maximum atomic E-state index is 13.9. The summed E-state index contributed by atoms with van der Waals surface area (Å²) in [6.07, 6.45) is -1.56. The van der Waals surface area contributed by atoms with Crippen molar-refractivity contribution < 1.29 is 18.3 Å². The van der Waals surface area contributed by atoms with Gasteiger partial charge in [0.15, 0.2) is 11.0 Å². The largest absolute Gasteiger partial charge is 0.492 e. The van der Waals surface area contributed by atoms with E-state index in [-0.39, 0.29) is 28.8 Å². The number of thiazole rings is 1. The Morgan fingerprint density at radius 1 is 1.15 bits per heavy atom. The van der Waals surface area contributed by atoms with Crippen LogP contribution in [0.1, 0.15) is 46.2 Å². The minimum absolute atomic E-state index is 0.00451. The third-order valence-electron chi connectivity index (χ3n) is 6.85. The van der Waals surface area contributed by atoms with E-state index in [9.17, 15) is 18.3 Å². The molecule has 1 fully saturated rings. The topological polar surface area (TPSA) is 116 Å². The number of halogens is 4. The Morgan fingerprint density at radius 2 is 1.97 bits per heavy atom. The Kier molecular flexibility index (Phi) is 6.55. The number of hydrogen-bond acceptors (Lipinski definition) is 9. The molecule has 14 heteroatoms. The Labute approximate surface area is 228 Å². The average molecular weight is 573 g/mol. The summed E-state index contributed by atoms with van der Waals surface area (Å²) in [5, 5.41) is 35.1. The summed E-state index contributed by atoms with van der Waals surface area (Å²) < 4.78 is 41.8. The number of aromatic amines is 1. The highest BCUT2D eigenvalue weighted by atomic mass is 35.5. The molecule has 200 valence electrons. The fourth-order valence-electron chi connectivity index (χ4n) is 4.86. The van der Waals surface area contributed by atoms with Gasteiger partial charge in [-0.2, -0.15) is 33.6 Å². The molecule has 4 heterocycles. The second kappa shape index (κ2) is 10.0. The van der Waals surface area contributed by atoms with Crippen LogP contribution in [0, 0.1) is 0 Å². The number of H-pyrrole nitrogens is 1. The van der Waals surface area contributed by atoms with Gasteiger partial charge in [0.05, 0.1) is 22.0 Å². The third-order valence-corrected chi connectivity index (χ3v) is 8.25. The van der Waals surface area contributed by atoms with Crippen LogP contribution in [-0.2, 0) is 12.6 Å². The molecule has 39 heavy (non-hydrogen) atoms. The van der Waals surface area contributed by atoms with Gasteiger partial charge in [-0.15, -0.1) is 10.2 Å². The van der Waals surface area contributed by atoms with Gasteiger partial charge in [-0.1, -0.05) is 40.3 Å². The highest BCUT2D eigenvalue weighted by Crippen LogP contribution is 2.40. The van der Waals surface area contributed by atoms with Gasteiger partial charge in [-0.25, -0.2) is 0 Å². The molecule has 2 N–H and O–H groups in total. The first-order chi connectivity index (χ1) is 18.8. The van der Waals surface area contributed by atoms with Gasteiger partial charge in [0.1, 0.15) is 0 Å². The number of alkyl halides is 3. The van der Waals surface area contributed by atoms with E-state index in [1.165, 1.54) is 23.5 Å². The van der Waals surface area contributed by atoms with Gasteiger partial charge >= 0.3 is 6.18 Å². The van der Waals surface area contributed by atoms with Crippen LogP contribution >= 0.6 is 22.9 Å². The highest BCUT2D eigenvalue weighted by molar-refractivity contribution is 7.17. The van der Waals surface area contributed by atoms with E-state index in [1.807, 2.05) is 6.07 Å². The van der Waals surface area contributed by atoms with Crippen molar-refractivity contribution in [3.05, 3.63) is 79.4 Å². The zero-order chi connectivity index (χ0) is 27.1. The zero-order valence-corrected chi connectivity index (χ0v) is 21.7. The molecule has 2 aliphatic rings. The lowest BCUT2D eigenvalue weighted by molar-refractivity contribution is -0.138. The SMILES string of the molecule is Oc1nc(N2CCC(c3nn[nH]n3)CC2)sc1/C(Cc1ccc(Cl)cc1C(F)(F)F)=c1\ccc2c(c1)C=NN=2. The monoisotopic (exact) mass is 572 g/mol. The molecule has 6 rings (SSSR count). The lowest BCUT2D eigenvalue weighted by Gasteiger charge is -2.30. The Balaban J connectivity index is 1.40. The quantitative estimate of drug-likeness (QED) is 0.376. The molecule has 1 saturated heterocycles. The molecule has 2 aromatic heterocycles. The summed E-state index contributed by atoms with van der Waals surface area (Å²) in [5.41, 5.74) is 0.466. The van der Waals surface area contributed by atoms with E-state index in [4.69, 9.17) is 11.6 Å². The molecule has 0 atom stereocenters. The van der Waals surface area contributed by atoms with Crippen LogP contribution in [0.5, 0.6) is 5.88 Å². The molecule has 0 aliphatic carbocycles. The summed E-state index contributed by atoms with van der Waals surface area (Å²) >= 11 is 7.17. The second-order valence-corrected chi connectivity index (χ2v) is 10.7. The number of nitrogens with zero attached hydrogens (tertiary/aromatic N) is 7. The van der Waals surface area contributed by atoms with Crippen molar-refractivity contribution >= 4 is 39.9 Å². The van der Waals surface area contributed by atoms with E-state index in [1.54, 1.807) is 18.3 Å². The fraction of sp³-hybridized carbons (Fsp3) is 0.280. The lowest BCUT2D eigenvalue weighted by atomic mass is 9.96. The number of aromatic hydroxyl groups is 1. The minimum Gasteiger partial charge on any atom is -0.492 e. The summed E-state index contributed by atoms with van der Waals surface area (Å²) in [5.74, 6) is 0.606. The van der Waals surface area contributed by atoms with Crippen molar-refractivity contribution in [2.24, 2.45) is 10.2 Å². The van der Waals surface area contributed by atoms with Crippen molar-refractivity contribution in [3.63, 3.8) is 0 Å². The normalized spacial score (nSPS) is 16.4. The summed E-state index contributed by atoms with van der Waals surface area (Å²) in [6.45, 7) is 1.32. The molecule has 0 unspecified atom stereocenters. The van der Waals surface area contributed by atoms with E-state index < -0.39 is 11.7 Å². The van der Waals surface area contributed by atoms with Gasteiger partial charge in [0.25, 0.3) is 0 Å². The molecule has 0 saturated carbocycles. The van der Waals surface area contributed by atoms with Crippen molar-refractivity contribution in [1.82, 2.24) is 25.6 Å². The van der Waals surface area contributed by atoms with Crippen molar-refractivity contribution in [3.8, 4) is 5.88 Å². The number of nitrogens with one attached hydrogen (secondary N) is 1. The van der Waals surface area contributed by atoms with Crippen molar-refractivity contribution in [2.75, 3.05) is 18.0 Å².